The maximum absolute atomic E-state index is 14.1. The van der Waals surface area contributed by atoms with Gasteiger partial charge in [0.05, 0.1) is 0 Å². The highest BCUT2D eigenvalue weighted by Crippen LogP contribution is 2.56. The number of ether oxygens (including phenoxy) is 1. The monoisotopic (exact) mass is 430 g/mol. The molecule has 0 aliphatic rings. The van der Waals surface area contributed by atoms with Crippen LogP contribution in [0.25, 0.3) is 0 Å². The van der Waals surface area contributed by atoms with E-state index in [2.05, 4.69) is 6.58 Å². The maximum atomic E-state index is 14.1. The number of hydrogen-bond donors (Lipinski definition) is 0. The van der Waals surface area contributed by atoms with Crippen molar-refractivity contribution < 1.29 is 35.9 Å². The molecule has 0 heterocycles. The number of carbonyl (C=O) groups is 1. The summed E-state index contributed by atoms with van der Waals surface area (Å²) in [7, 11) is 0. The Morgan fingerprint density at radius 3 is 1.67 bits per heavy atom. The smallest absolute Gasteiger partial charge is 0.411 e. The number of esters is 1. The Bertz CT molecular complexity index is 879. The summed E-state index contributed by atoms with van der Waals surface area (Å²) < 4.78 is 89.4. The quantitative estimate of drug-likeness (QED) is 0.225. The zero-order valence-corrected chi connectivity index (χ0v) is 16.3. The Balaban J connectivity index is 2.65. The Kier molecular flexibility index (Phi) is 6.69. The van der Waals surface area contributed by atoms with Crippen LogP contribution in [-0.4, -0.2) is 18.3 Å². The van der Waals surface area contributed by atoms with Crippen molar-refractivity contribution in [3.63, 3.8) is 0 Å². The van der Waals surface area contributed by atoms with Gasteiger partial charge >= 0.3 is 18.3 Å². The van der Waals surface area contributed by atoms with Crippen LogP contribution in [0.3, 0.4) is 0 Å². The molecule has 0 radical (unpaired) electrons. The Morgan fingerprint density at radius 2 is 1.30 bits per heavy atom. The first-order valence-electron chi connectivity index (χ1n) is 9.05. The van der Waals surface area contributed by atoms with E-state index in [0.717, 1.165) is 24.3 Å². The van der Waals surface area contributed by atoms with Crippen molar-refractivity contribution in [3.8, 4) is 5.75 Å². The van der Waals surface area contributed by atoms with Crippen LogP contribution in [0.4, 0.5) is 26.3 Å². The normalized spacial score (nSPS) is 12.5. The molecule has 8 heteroatoms. The van der Waals surface area contributed by atoms with Gasteiger partial charge < -0.3 is 4.74 Å². The first kappa shape index (κ1) is 23.5. The van der Waals surface area contributed by atoms with E-state index in [1.165, 1.54) is 19.1 Å². The number of rotatable bonds is 6. The largest absolute Gasteiger partial charge is 0.423 e. The van der Waals surface area contributed by atoms with Crippen LogP contribution in [0.1, 0.15) is 37.0 Å². The molecule has 0 atom stereocenters. The number of halogens is 6. The molecule has 0 bridgehead atoms. The molecular weight excluding hydrogens is 410 g/mol. The van der Waals surface area contributed by atoms with Gasteiger partial charge in [-0.2, -0.15) is 26.3 Å². The number of benzene rings is 2. The summed E-state index contributed by atoms with van der Waals surface area (Å²) in [5, 5.41) is 0. The first-order valence-corrected chi connectivity index (χ1v) is 9.05. The van der Waals surface area contributed by atoms with Crippen molar-refractivity contribution >= 4 is 5.97 Å². The molecule has 0 aromatic heterocycles. The molecule has 2 nitrogen and oxygen atoms in total. The fourth-order valence-electron chi connectivity index (χ4n) is 3.16. The van der Waals surface area contributed by atoms with Gasteiger partial charge in [0.25, 0.3) is 0 Å². The second-order valence-corrected chi connectivity index (χ2v) is 6.89. The SMILES string of the molecule is C=C(C)C(=O)Oc1ccc(C(c2ccc(CCC)cc2)(C(F)(F)F)C(F)(F)F)cc1. The van der Waals surface area contributed by atoms with Gasteiger partial charge in [-0.1, -0.05) is 56.3 Å². The lowest BCUT2D eigenvalue weighted by molar-refractivity contribution is -0.288. The van der Waals surface area contributed by atoms with Crippen LogP contribution in [0.2, 0.25) is 0 Å². The molecule has 2 rings (SSSR count). The second-order valence-electron chi connectivity index (χ2n) is 6.89. The molecule has 0 saturated heterocycles. The summed E-state index contributed by atoms with van der Waals surface area (Å²) in [6.45, 7) is 6.57. The third-order valence-electron chi connectivity index (χ3n) is 4.62. The lowest BCUT2D eigenvalue weighted by Gasteiger charge is -2.38. The van der Waals surface area contributed by atoms with E-state index in [1.54, 1.807) is 0 Å². The standard InChI is InChI=1S/C22H20F6O2/c1-4-5-15-6-8-16(9-7-15)20(21(23,24)25,22(26,27)28)17-10-12-18(13-11-17)30-19(29)14(2)3/h6-13H,2,4-5H2,1,3H3. The van der Waals surface area contributed by atoms with Gasteiger partial charge in [-0.3, -0.25) is 0 Å². The lowest BCUT2D eigenvalue weighted by Crippen LogP contribution is -2.54. The summed E-state index contributed by atoms with van der Waals surface area (Å²) in [6, 6.07) is 7.40. The van der Waals surface area contributed by atoms with Crippen molar-refractivity contribution in [1.82, 2.24) is 0 Å². The average Bonchev–Trinajstić information content (AvgIpc) is 2.63. The summed E-state index contributed by atoms with van der Waals surface area (Å²) in [6.07, 6.45) is -10.1. The molecule has 0 aliphatic carbocycles. The molecule has 0 fully saturated rings. The van der Waals surface area contributed by atoms with Gasteiger partial charge in [0.2, 0.25) is 5.41 Å². The third kappa shape index (κ3) is 4.37. The van der Waals surface area contributed by atoms with Crippen molar-refractivity contribution in [3.05, 3.63) is 77.4 Å². The van der Waals surface area contributed by atoms with Crippen LogP contribution in [-0.2, 0) is 16.6 Å². The summed E-state index contributed by atoms with van der Waals surface area (Å²) in [4.78, 5) is 11.5. The molecule has 2 aromatic carbocycles. The van der Waals surface area contributed by atoms with E-state index >= 15 is 0 Å². The van der Waals surface area contributed by atoms with Crippen LogP contribution in [0.15, 0.2) is 60.7 Å². The molecule has 162 valence electrons. The Morgan fingerprint density at radius 1 is 0.867 bits per heavy atom. The average molecular weight is 430 g/mol. The van der Waals surface area contributed by atoms with Crippen LogP contribution < -0.4 is 4.74 Å². The van der Waals surface area contributed by atoms with Crippen LogP contribution in [0, 0.1) is 0 Å². The highest BCUT2D eigenvalue weighted by molar-refractivity contribution is 5.88. The number of hydrogen-bond acceptors (Lipinski definition) is 2. The van der Waals surface area contributed by atoms with E-state index in [-0.39, 0.29) is 11.3 Å². The van der Waals surface area contributed by atoms with E-state index < -0.39 is 34.9 Å². The zero-order valence-electron chi connectivity index (χ0n) is 16.3. The molecule has 0 aliphatic heterocycles. The van der Waals surface area contributed by atoms with Crippen molar-refractivity contribution in [2.75, 3.05) is 0 Å². The van der Waals surface area contributed by atoms with Gasteiger partial charge in [-0.25, -0.2) is 4.79 Å². The van der Waals surface area contributed by atoms with Crippen molar-refractivity contribution in [2.45, 2.75) is 44.5 Å². The summed E-state index contributed by atoms with van der Waals surface area (Å²) in [5.74, 6) is -1.03. The summed E-state index contributed by atoms with van der Waals surface area (Å²) >= 11 is 0. The van der Waals surface area contributed by atoms with Gasteiger partial charge in [-0.05, 0) is 42.2 Å². The molecule has 0 unspecified atom stereocenters. The van der Waals surface area contributed by atoms with E-state index in [1.807, 2.05) is 6.92 Å². The zero-order chi connectivity index (χ0) is 22.7. The minimum Gasteiger partial charge on any atom is -0.423 e. The lowest BCUT2D eigenvalue weighted by atomic mass is 9.72. The molecule has 0 N–H and O–H groups in total. The van der Waals surface area contributed by atoms with Gasteiger partial charge in [0, 0.05) is 5.57 Å². The third-order valence-corrected chi connectivity index (χ3v) is 4.62. The van der Waals surface area contributed by atoms with Gasteiger partial charge in [0.1, 0.15) is 5.75 Å². The molecule has 0 spiro atoms. The minimum atomic E-state index is -5.67. The predicted molar refractivity (Wildman–Crippen MR) is 100 cm³/mol. The van der Waals surface area contributed by atoms with Gasteiger partial charge in [0.15, 0.2) is 0 Å². The van der Waals surface area contributed by atoms with Crippen molar-refractivity contribution in [1.29, 1.82) is 0 Å². The summed E-state index contributed by atoms with van der Waals surface area (Å²) in [5.41, 5.74) is -5.52. The number of aryl methyl sites for hydroxylation is 1. The molecule has 0 saturated carbocycles. The molecule has 30 heavy (non-hydrogen) atoms. The molecule has 2 aromatic rings. The van der Waals surface area contributed by atoms with E-state index in [0.29, 0.717) is 30.5 Å². The fraction of sp³-hybridized carbons (Fsp3) is 0.318. The topological polar surface area (TPSA) is 26.3 Å². The van der Waals surface area contributed by atoms with Crippen LogP contribution in [0.5, 0.6) is 5.75 Å². The van der Waals surface area contributed by atoms with E-state index in [4.69, 9.17) is 4.74 Å². The molecular formula is C22H20F6O2. The highest BCUT2D eigenvalue weighted by atomic mass is 19.4. The Labute approximate surface area is 170 Å². The van der Waals surface area contributed by atoms with E-state index in [9.17, 15) is 31.1 Å². The maximum Gasteiger partial charge on any atom is 0.411 e. The fourth-order valence-corrected chi connectivity index (χ4v) is 3.16. The predicted octanol–water partition coefficient (Wildman–Crippen LogP) is 6.53. The minimum absolute atomic E-state index is 0.0335. The Hall–Kier alpha value is -2.77. The second kappa shape index (κ2) is 8.53. The molecule has 0 amide bonds. The first-order chi connectivity index (χ1) is 13.8. The number of alkyl halides is 6. The van der Waals surface area contributed by atoms with Crippen LogP contribution >= 0.6 is 0 Å². The highest BCUT2D eigenvalue weighted by Gasteiger charge is 2.72. The van der Waals surface area contributed by atoms with Crippen molar-refractivity contribution in [2.24, 2.45) is 0 Å². The van der Waals surface area contributed by atoms with Gasteiger partial charge in [-0.15, -0.1) is 0 Å². The number of carbonyl (C=O) groups excluding carboxylic acids is 1.